The van der Waals surface area contributed by atoms with E-state index in [1.807, 2.05) is 70.5 Å². The summed E-state index contributed by atoms with van der Waals surface area (Å²) in [5.74, 6) is 0.642. The van der Waals surface area contributed by atoms with Crippen molar-refractivity contribution in [3.63, 3.8) is 0 Å². The summed E-state index contributed by atoms with van der Waals surface area (Å²) in [5, 5.41) is 7.90. The quantitative estimate of drug-likeness (QED) is 0.157. The zero-order chi connectivity index (χ0) is 32.0. The normalized spacial score (nSPS) is 12.1. The average Bonchev–Trinajstić information content (AvgIpc) is 3.85. The Kier molecular flexibility index (Phi) is 9.49. The van der Waals surface area contributed by atoms with Crippen LogP contribution < -0.4 is 0 Å². The van der Waals surface area contributed by atoms with Gasteiger partial charge < -0.3 is 0 Å². The Bertz CT molecular complexity index is 2090. The molecule has 7 rings (SSSR count). The number of thiophene rings is 5. The van der Waals surface area contributed by atoms with E-state index in [1.54, 1.807) is 0 Å². The molecule has 7 aromatic rings. The van der Waals surface area contributed by atoms with Crippen LogP contribution in [0.15, 0.2) is 60.0 Å². The summed E-state index contributed by atoms with van der Waals surface area (Å²) in [7, 11) is 0. The van der Waals surface area contributed by atoms with Gasteiger partial charge in [-0.3, -0.25) is 0 Å². The molecule has 0 spiro atoms. The third kappa shape index (κ3) is 6.12. The molecule has 2 aromatic carbocycles. The standard InChI is InChI=1S/C38H38S5.C2H6/c1-8-23-10-12-31(40-23)25-17-28-27(36-29(25)19-33(42-36)35-22(14-15-39-35)16-21(3)4)18-26(32-13-11-24(9-2)41-32)30-20-34(38(5,6)7)43-37(28)30;1-2/h10-15,17-21H,8-9,16H2,1-7H3;1-2H3. The van der Waals surface area contributed by atoms with Crippen molar-refractivity contribution in [2.45, 2.75) is 87.0 Å². The van der Waals surface area contributed by atoms with Crippen LogP contribution in [0.1, 0.15) is 82.5 Å². The highest BCUT2D eigenvalue weighted by Crippen LogP contribution is 2.51. The van der Waals surface area contributed by atoms with Gasteiger partial charge in [-0.15, -0.1) is 56.7 Å². The first-order valence-electron chi connectivity index (χ1n) is 16.4. The van der Waals surface area contributed by atoms with E-state index < -0.39 is 0 Å². The molecule has 0 saturated carbocycles. The first kappa shape index (κ1) is 32.7. The summed E-state index contributed by atoms with van der Waals surface area (Å²) in [6.45, 7) is 20.2. The molecule has 0 aliphatic rings. The Morgan fingerprint density at radius 2 is 1.18 bits per heavy atom. The first-order chi connectivity index (χ1) is 21.6. The maximum absolute atomic E-state index is 2.53. The summed E-state index contributed by atoms with van der Waals surface area (Å²) in [5.41, 5.74) is 4.38. The Balaban J connectivity index is 0.00000175. The van der Waals surface area contributed by atoms with Crippen molar-refractivity contribution in [1.82, 2.24) is 0 Å². The molecule has 0 nitrogen and oxygen atoms in total. The Morgan fingerprint density at radius 3 is 1.69 bits per heavy atom. The molecular formula is C40H44S5. The predicted molar refractivity (Wildman–Crippen MR) is 212 cm³/mol. The van der Waals surface area contributed by atoms with Gasteiger partial charge in [0.05, 0.1) is 0 Å². The molecule has 0 aliphatic heterocycles. The molecule has 5 aromatic heterocycles. The summed E-state index contributed by atoms with van der Waals surface area (Å²) in [6, 6.07) is 21.8. The number of hydrogen-bond acceptors (Lipinski definition) is 5. The minimum absolute atomic E-state index is 0.107. The van der Waals surface area contributed by atoms with Gasteiger partial charge in [0.2, 0.25) is 0 Å². The molecule has 0 bridgehead atoms. The molecule has 0 saturated heterocycles. The SMILES string of the molecule is CC.CCc1ccc(-c2cc3c(cc(-c4ccc(CC)s4)c4cc(C(C)(C)C)sc43)c3sc(-c4sccc4CC(C)C)cc23)s1. The van der Waals surface area contributed by atoms with Crippen LogP contribution in [-0.2, 0) is 24.7 Å². The smallest absolute Gasteiger partial charge is 0.0475 e. The van der Waals surface area contributed by atoms with Gasteiger partial charge in [-0.2, -0.15) is 0 Å². The van der Waals surface area contributed by atoms with E-state index in [0.717, 1.165) is 19.3 Å². The van der Waals surface area contributed by atoms with Gasteiger partial charge in [-0.25, -0.2) is 0 Å². The van der Waals surface area contributed by atoms with Crippen molar-refractivity contribution in [1.29, 1.82) is 0 Å². The fourth-order valence-electron chi connectivity index (χ4n) is 6.02. The molecule has 0 N–H and O–H groups in total. The highest BCUT2D eigenvalue weighted by molar-refractivity contribution is 7.27. The third-order valence-corrected chi connectivity index (χ3v) is 14.7. The Hall–Kier alpha value is -2.28. The van der Waals surface area contributed by atoms with Crippen molar-refractivity contribution in [3.8, 4) is 30.6 Å². The van der Waals surface area contributed by atoms with E-state index in [4.69, 9.17) is 0 Å². The van der Waals surface area contributed by atoms with Crippen molar-refractivity contribution >= 4 is 87.6 Å². The molecule has 0 atom stereocenters. The monoisotopic (exact) mass is 684 g/mol. The van der Waals surface area contributed by atoms with E-state index in [0.29, 0.717) is 5.92 Å². The van der Waals surface area contributed by atoms with Crippen LogP contribution in [0.25, 0.3) is 61.6 Å². The van der Waals surface area contributed by atoms with Crippen molar-refractivity contribution in [2.75, 3.05) is 0 Å². The van der Waals surface area contributed by atoms with Gasteiger partial charge in [-0.05, 0) is 96.1 Å². The van der Waals surface area contributed by atoms with Crippen LogP contribution in [0.4, 0.5) is 0 Å². The number of rotatable bonds is 7. The second kappa shape index (κ2) is 13.1. The van der Waals surface area contributed by atoms with Crippen LogP contribution >= 0.6 is 56.7 Å². The molecule has 5 heterocycles. The lowest BCUT2D eigenvalue weighted by atomic mass is 9.93. The molecular weight excluding hydrogens is 641 g/mol. The minimum Gasteiger partial charge on any atom is -0.143 e. The zero-order valence-electron chi connectivity index (χ0n) is 28.0. The zero-order valence-corrected chi connectivity index (χ0v) is 32.1. The molecule has 0 fully saturated rings. The number of aryl methyl sites for hydroxylation is 2. The summed E-state index contributed by atoms with van der Waals surface area (Å²) < 4.78 is 2.87. The van der Waals surface area contributed by atoms with Gasteiger partial charge in [0.1, 0.15) is 0 Å². The summed E-state index contributed by atoms with van der Waals surface area (Å²) in [4.78, 5) is 10.00. The first-order valence-corrected chi connectivity index (χ1v) is 20.5. The molecule has 0 radical (unpaired) electrons. The summed E-state index contributed by atoms with van der Waals surface area (Å²) >= 11 is 9.83. The fraction of sp³-hybridized carbons (Fsp3) is 0.350. The Morgan fingerprint density at radius 1 is 0.622 bits per heavy atom. The maximum Gasteiger partial charge on any atom is 0.0475 e. The van der Waals surface area contributed by atoms with Gasteiger partial charge in [0, 0.05) is 76.2 Å². The second-order valence-electron chi connectivity index (χ2n) is 13.0. The highest BCUT2D eigenvalue weighted by atomic mass is 32.1. The van der Waals surface area contributed by atoms with E-state index in [2.05, 4.69) is 108 Å². The van der Waals surface area contributed by atoms with E-state index in [9.17, 15) is 0 Å². The lowest BCUT2D eigenvalue weighted by molar-refractivity contribution is 0.604. The largest absolute Gasteiger partial charge is 0.143 e. The van der Waals surface area contributed by atoms with Gasteiger partial charge in [0.25, 0.3) is 0 Å². The molecule has 45 heavy (non-hydrogen) atoms. The molecule has 234 valence electrons. The lowest BCUT2D eigenvalue weighted by Gasteiger charge is -2.15. The van der Waals surface area contributed by atoms with Crippen LogP contribution in [-0.4, -0.2) is 0 Å². The second-order valence-corrected chi connectivity index (χ2v) is 18.4. The number of fused-ring (bicyclic) bond motifs is 5. The van der Waals surface area contributed by atoms with E-state index in [1.165, 1.54) is 81.8 Å². The van der Waals surface area contributed by atoms with E-state index in [-0.39, 0.29) is 5.41 Å². The maximum atomic E-state index is 2.53. The summed E-state index contributed by atoms with van der Waals surface area (Å²) in [6.07, 6.45) is 3.29. The highest BCUT2D eigenvalue weighted by Gasteiger charge is 2.24. The van der Waals surface area contributed by atoms with Gasteiger partial charge in [-0.1, -0.05) is 62.3 Å². The van der Waals surface area contributed by atoms with Crippen molar-refractivity contribution in [3.05, 3.63) is 80.2 Å². The van der Waals surface area contributed by atoms with Gasteiger partial charge in [0.15, 0.2) is 0 Å². The lowest BCUT2D eigenvalue weighted by Crippen LogP contribution is -2.07. The van der Waals surface area contributed by atoms with E-state index >= 15 is 0 Å². The molecule has 0 unspecified atom stereocenters. The Labute approximate surface area is 289 Å². The van der Waals surface area contributed by atoms with Crippen LogP contribution in [0.3, 0.4) is 0 Å². The fourth-order valence-corrected chi connectivity index (χ4v) is 11.5. The van der Waals surface area contributed by atoms with Crippen molar-refractivity contribution < 1.29 is 0 Å². The minimum atomic E-state index is 0.107. The molecule has 5 heteroatoms. The molecule has 0 amide bonds. The average molecular weight is 685 g/mol. The topological polar surface area (TPSA) is 0 Å². The third-order valence-electron chi connectivity index (χ3n) is 8.29. The van der Waals surface area contributed by atoms with Gasteiger partial charge >= 0.3 is 0 Å². The number of benzene rings is 2. The van der Waals surface area contributed by atoms with Crippen LogP contribution in [0, 0.1) is 5.92 Å². The van der Waals surface area contributed by atoms with Crippen molar-refractivity contribution in [2.24, 2.45) is 5.92 Å². The molecule has 0 aliphatic carbocycles. The number of hydrogen-bond donors (Lipinski definition) is 0. The van der Waals surface area contributed by atoms with Crippen LogP contribution in [0.5, 0.6) is 0 Å². The van der Waals surface area contributed by atoms with Crippen LogP contribution in [0.2, 0.25) is 0 Å². The predicted octanol–water partition coefficient (Wildman–Crippen LogP) is 15.1.